The summed E-state index contributed by atoms with van der Waals surface area (Å²) in [6, 6.07) is 49.1. The van der Waals surface area contributed by atoms with Gasteiger partial charge in [0.1, 0.15) is 0 Å². The summed E-state index contributed by atoms with van der Waals surface area (Å²) in [5.74, 6) is -0.138. The minimum absolute atomic E-state index is 0.0676. The van der Waals surface area contributed by atoms with Gasteiger partial charge in [0.2, 0.25) is 0 Å². The molecule has 12 heteroatoms. The maximum atomic E-state index is 13.0. The maximum Gasteiger partial charge on any atom is 0.251 e. The third-order valence-corrected chi connectivity index (χ3v) is 15.5. The summed E-state index contributed by atoms with van der Waals surface area (Å²) in [6.45, 7) is 11.5. The number of nitrogens with one attached hydrogen (secondary N) is 5. The third kappa shape index (κ3) is 13.0. The highest BCUT2D eigenvalue weighted by Crippen LogP contribution is 2.39. The summed E-state index contributed by atoms with van der Waals surface area (Å²) in [5, 5.41) is 17.1. The van der Waals surface area contributed by atoms with Gasteiger partial charge in [-0.25, -0.2) is 15.0 Å². The molecule has 8 aromatic rings. The van der Waals surface area contributed by atoms with Crippen molar-refractivity contribution in [1.29, 1.82) is 0 Å². The number of aromatic nitrogens is 2. The molecule has 0 fully saturated rings. The molecule has 0 radical (unpaired) electrons. The number of hydrogen-bond donors (Lipinski definition) is 5. The molecule has 80 heavy (non-hydrogen) atoms. The van der Waals surface area contributed by atoms with E-state index in [1.165, 1.54) is 16.8 Å². The molecule has 1 aliphatic heterocycles. The van der Waals surface area contributed by atoms with E-state index in [2.05, 4.69) is 175 Å². The van der Waals surface area contributed by atoms with Crippen LogP contribution in [0.5, 0.6) is 0 Å². The van der Waals surface area contributed by atoms with Crippen molar-refractivity contribution in [3.8, 4) is 11.1 Å². The van der Waals surface area contributed by atoms with Crippen LogP contribution >= 0.6 is 0 Å². The zero-order valence-corrected chi connectivity index (χ0v) is 47.1. The molecule has 2 amide bonds. The topological polar surface area (TPSA) is 139 Å². The first-order chi connectivity index (χ1) is 38.9. The SMILES string of the molecule is CC1=CC2=Nc3cc(C)c(NCCCCCCNC(=O)c4ccc(-c5ccc(C(=O)NCCCCCCNc6cc7nc8cc(N(C)c9ccccc9)c(C)cc8nc7cc6C)cc5)cc4)cc3NC2=CC1N(C)c1ccccc1. The Balaban J connectivity index is 0.592. The fourth-order valence-corrected chi connectivity index (χ4v) is 10.7. The molecule has 408 valence electrons. The quantitative estimate of drug-likeness (QED) is 0.0313. The van der Waals surface area contributed by atoms with Crippen molar-refractivity contribution in [1.82, 2.24) is 20.6 Å². The average molecular weight is 1060 g/mol. The number of unbranched alkanes of at least 4 members (excludes halogenated alkanes) is 6. The molecule has 1 aromatic heterocycles. The van der Waals surface area contributed by atoms with Crippen molar-refractivity contribution < 1.29 is 9.59 Å². The van der Waals surface area contributed by atoms with E-state index in [0.717, 1.165) is 154 Å². The summed E-state index contributed by atoms with van der Waals surface area (Å²) < 4.78 is 0. The van der Waals surface area contributed by atoms with Crippen LogP contribution < -0.4 is 36.4 Å². The zero-order valence-electron chi connectivity index (χ0n) is 47.1. The Morgan fingerprint density at radius 1 is 0.525 bits per heavy atom. The summed E-state index contributed by atoms with van der Waals surface area (Å²) in [7, 11) is 4.22. The highest BCUT2D eigenvalue weighted by molar-refractivity contribution is 6.15. The fourth-order valence-electron chi connectivity index (χ4n) is 10.7. The molecule has 10 rings (SSSR count). The summed E-state index contributed by atoms with van der Waals surface area (Å²) in [6.07, 6.45) is 12.6. The van der Waals surface area contributed by atoms with Gasteiger partial charge < -0.3 is 36.4 Å². The lowest BCUT2D eigenvalue weighted by atomic mass is 9.95. The van der Waals surface area contributed by atoms with Crippen LogP contribution in [0.3, 0.4) is 0 Å². The molecule has 0 spiro atoms. The van der Waals surface area contributed by atoms with E-state index >= 15 is 0 Å². The van der Waals surface area contributed by atoms with Gasteiger partial charge in [0.25, 0.3) is 11.8 Å². The van der Waals surface area contributed by atoms with Crippen molar-refractivity contribution in [2.45, 2.75) is 85.1 Å². The Hall–Kier alpha value is -8.77. The largest absolute Gasteiger partial charge is 0.385 e. The summed E-state index contributed by atoms with van der Waals surface area (Å²) in [4.78, 5) is 45.6. The van der Waals surface area contributed by atoms with Crippen molar-refractivity contribution in [3.63, 3.8) is 0 Å². The first kappa shape index (κ1) is 54.6. The number of amides is 2. The van der Waals surface area contributed by atoms with Crippen molar-refractivity contribution in [2.24, 2.45) is 4.99 Å². The van der Waals surface area contributed by atoms with Gasteiger partial charge in [-0.05, 0) is 184 Å². The smallest absolute Gasteiger partial charge is 0.251 e. The number of fused-ring (bicyclic) bond motifs is 4. The van der Waals surface area contributed by atoms with Crippen LogP contribution in [0.15, 0.2) is 174 Å². The molecule has 12 nitrogen and oxygen atoms in total. The number of para-hydroxylation sites is 2. The Morgan fingerprint density at radius 3 is 1.59 bits per heavy atom. The second-order valence-corrected chi connectivity index (χ2v) is 21.4. The fraction of sp³-hybridized carbons (Fsp3) is 0.279. The molecule has 0 saturated heterocycles. The number of carbonyl (C=O) groups is 2. The first-order valence-electron chi connectivity index (χ1n) is 28.4. The molecular formula is C68H74N10O2. The number of aliphatic imine (C=N–C) groups is 1. The van der Waals surface area contributed by atoms with E-state index in [1.807, 2.05) is 60.7 Å². The monoisotopic (exact) mass is 1060 g/mol. The van der Waals surface area contributed by atoms with Crippen LogP contribution in [-0.2, 0) is 0 Å². The predicted octanol–water partition coefficient (Wildman–Crippen LogP) is 14.8. The molecule has 2 aliphatic rings. The van der Waals surface area contributed by atoms with Crippen molar-refractivity contribution >= 4 is 79.4 Å². The number of benzene rings is 7. The van der Waals surface area contributed by atoms with Crippen LogP contribution in [-0.4, -0.2) is 73.8 Å². The van der Waals surface area contributed by atoms with Gasteiger partial charge in [0.15, 0.2) is 0 Å². The molecule has 7 aromatic carbocycles. The van der Waals surface area contributed by atoms with Gasteiger partial charge in [-0.15, -0.1) is 0 Å². The second-order valence-electron chi connectivity index (χ2n) is 21.4. The summed E-state index contributed by atoms with van der Waals surface area (Å²) >= 11 is 0. The number of hydrogen-bond acceptors (Lipinski definition) is 10. The number of rotatable bonds is 23. The van der Waals surface area contributed by atoms with E-state index in [1.54, 1.807) is 0 Å². The number of aryl methyl sites for hydroxylation is 3. The number of nitrogens with zero attached hydrogens (tertiary/aromatic N) is 5. The highest BCUT2D eigenvalue weighted by atomic mass is 16.2. The van der Waals surface area contributed by atoms with Gasteiger partial charge in [-0.3, -0.25) is 9.59 Å². The van der Waals surface area contributed by atoms with Gasteiger partial charge >= 0.3 is 0 Å². The molecule has 1 atom stereocenters. The molecule has 2 heterocycles. The second kappa shape index (κ2) is 25.4. The van der Waals surface area contributed by atoms with Crippen LogP contribution in [0.4, 0.5) is 39.8 Å². The molecule has 1 unspecified atom stereocenters. The van der Waals surface area contributed by atoms with E-state index in [4.69, 9.17) is 15.0 Å². The van der Waals surface area contributed by atoms with Crippen molar-refractivity contribution in [3.05, 3.63) is 197 Å². The minimum Gasteiger partial charge on any atom is -0.385 e. The lowest BCUT2D eigenvalue weighted by Crippen LogP contribution is -2.35. The normalized spacial score (nSPS) is 13.5. The molecule has 0 saturated carbocycles. The van der Waals surface area contributed by atoms with Crippen LogP contribution in [0.25, 0.3) is 33.2 Å². The van der Waals surface area contributed by atoms with E-state index in [-0.39, 0.29) is 17.9 Å². The van der Waals surface area contributed by atoms with Gasteiger partial charge in [0.05, 0.1) is 50.9 Å². The summed E-state index contributed by atoms with van der Waals surface area (Å²) in [5.41, 5.74) is 21.1. The van der Waals surface area contributed by atoms with E-state index < -0.39 is 0 Å². The average Bonchev–Trinajstić information content (AvgIpc) is 3.48. The van der Waals surface area contributed by atoms with Crippen LogP contribution in [0, 0.1) is 20.8 Å². The minimum atomic E-state index is -0.0703. The lowest BCUT2D eigenvalue weighted by molar-refractivity contribution is 0.0944. The highest BCUT2D eigenvalue weighted by Gasteiger charge is 2.26. The number of likely N-dealkylation sites (N-methyl/N-ethyl adjacent to an activating group) is 1. The zero-order chi connectivity index (χ0) is 55.5. The number of carbonyl (C=O) groups excluding carboxylic acids is 2. The Morgan fingerprint density at radius 2 is 1.01 bits per heavy atom. The molecule has 1 aliphatic carbocycles. The maximum absolute atomic E-state index is 13.0. The Kier molecular flexibility index (Phi) is 17.3. The van der Waals surface area contributed by atoms with Gasteiger partial charge in [-0.2, -0.15) is 0 Å². The molecule has 0 bridgehead atoms. The van der Waals surface area contributed by atoms with Gasteiger partial charge in [0, 0.05) is 79.8 Å². The Bertz CT molecular complexity index is 3590. The van der Waals surface area contributed by atoms with Gasteiger partial charge in [-0.1, -0.05) is 86.3 Å². The molecule has 5 N–H and O–H groups in total. The van der Waals surface area contributed by atoms with E-state index in [9.17, 15) is 9.59 Å². The van der Waals surface area contributed by atoms with Crippen LogP contribution in [0.1, 0.15) is 95.7 Å². The predicted molar refractivity (Wildman–Crippen MR) is 334 cm³/mol. The first-order valence-corrected chi connectivity index (χ1v) is 28.4. The lowest BCUT2D eigenvalue weighted by Gasteiger charge is -2.33. The number of allylic oxidation sites excluding steroid dienone is 1. The standard InChI is InChI=1S/C68H74N10O2/c1-45-37-57-61(75-63-43-65(47(3)39-59(63)73-57)77(5)53-21-13-11-14-22-53)41-55(45)69-33-17-7-9-19-35-71-67(79)51-29-25-49(26-30-51)50-27-31-52(32-28-50)68(80)72-36-20-10-8-18-34-70-56-42-62-58(38-46(56)2)74-60-40-48(4)66(44-64(60)76-62)78(6)54-23-15-12-16-24-54/h11-16,21-32,37-44,65,69-70,75H,7-10,17-20,33-36H2,1-6H3,(H,71,79)(H,72,80). The Labute approximate surface area is 471 Å². The third-order valence-electron chi connectivity index (χ3n) is 15.5. The molecular weight excluding hydrogens is 989 g/mol. The van der Waals surface area contributed by atoms with Crippen molar-refractivity contribution in [2.75, 3.05) is 66.0 Å². The van der Waals surface area contributed by atoms with E-state index in [0.29, 0.717) is 24.2 Å². The number of anilines is 6. The van der Waals surface area contributed by atoms with Crippen LogP contribution in [0.2, 0.25) is 0 Å².